The van der Waals surface area contributed by atoms with Crippen LogP contribution in [0.2, 0.25) is 0 Å². The summed E-state index contributed by atoms with van der Waals surface area (Å²) in [5, 5.41) is 8.52. The van der Waals surface area contributed by atoms with Crippen LogP contribution in [0.25, 0.3) is 0 Å². The van der Waals surface area contributed by atoms with Crippen LogP contribution in [0.3, 0.4) is 0 Å². The van der Waals surface area contributed by atoms with E-state index in [1.807, 2.05) is 0 Å². The van der Waals surface area contributed by atoms with E-state index in [4.69, 9.17) is 10.00 Å². The van der Waals surface area contributed by atoms with Crippen molar-refractivity contribution >= 4 is 9.84 Å². The highest BCUT2D eigenvalue weighted by Crippen LogP contribution is 2.16. The summed E-state index contributed by atoms with van der Waals surface area (Å²) in [6, 6.07) is 5.60. The van der Waals surface area contributed by atoms with E-state index >= 15 is 0 Å². The van der Waals surface area contributed by atoms with Crippen LogP contribution < -0.4 is 4.74 Å². The van der Waals surface area contributed by atoms with Gasteiger partial charge in [0.2, 0.25) is 0 Å². The molecule has 0 aliphatic carbocycles. The first-order valence-corrected chi connectivity index (χ1v) is 6.98. The lowest BCUT2D eigenvalue weighted by molar-refractivity contribution is 0.316. The SMILES string of the molecule is CS(=O)(=O)CCCOc1ccc(C#N)c(F)c1. The third-order valence-electron chi connectivity index (χ3n) is 1.99. The van der Waals surface area contributed by atoms with E-state index in [1.165, 1.54) is 12.1 Å². The highest BCUT2D eigenvalue weighted by molar-refractivity contribution is 7.90. The maximum absolute atomic E-state index is 13.2. The second kappa shape index (κ2) is 5.64. The monoisotopic (exact) mass is 257 g/mol. The van der Waals surface area contributed by atoms with Crippen molar-refractivity contribution in [2.75, 3.05) is 18.6 Å². The molecule has 0 heterocycles. The number of hydrogen-bond donors (Lipinski definition) is 0. The molecule has 92 valence electrons. The van der Waals surface area contributed by atoms with E-state index < -0.39 is 15.7 Å². The lowest BCUT2D eigenvalue weighted by Crippen LogP contribution is -2.08. The fraction of sp³-hybridized carbons (Fsp3) is 0.364. The molecule has 0 spiro atoms. The van der Waals surface area contributed by atoms with Crippen LogP contribution in [0, 0.1) is 17.1 Å². The number of nitriles is 1. The molecule has 0 saturated carbocycles. The second-order valence-electron chi connectivity index (χ2n) is 3.59. The Kier molecular flexibility index (Phi) is 4.46. The Morgan fingerprint density at radius 3 is 2.71 bits per heavy atom. The van der Waals surface area contributed by atoms with Gasteiger partial charge in [-0.2, -0.15) is 5.26 Å². The first-order valence-electron chi connectivity index (χ1n) is 4.92. The van der Waals surface area contributed by atoms with E-state index in [9.17, 15) is 12.8 Å². The summed E-state index contributed by atoms with van der Waals surface area (Å²) in [6.45, 7) is 0.193. The second-order valence-corrected chi connectivity index (χ2v) is 5.85. The molecule has 0 aromatic heterocycles. The Labute approximate surface area is 99.6 Å². The van der Waals surface area contributed by atoms with Gasteiger partial charge < -0.3 is 4.74 Å². The van der Waals surface area contributed by atoms with Crippen molar-refractivity contribution in [3.63, 3.8) is 0 Å². The van der Waals surface area contributed by atoms with Crippen LogP contribution >= 0.6 is 0 Å². The Bertz CT molecular complexity index is 534. The Morgan fingerprint density at radius 2 is 2.18 bits per heavy atom. The molecule has 0 unspecified atom stereocenters. The van der Waals surface area contributed by atoms with Crippen LogP contribution in [0.5, 0.6) is 5.75 Å². The molecule has 0 atom stereocenters. The molecule has 0 aliphatic heterocycles. The minimum absolute atomic E-state index is 0.0335. The summed E-state index contributed by atoms with van der Waals surface area (Å²) < 4.78 is 40.0. The van der Waals surface area contributed by atoms with Gasteiger partial charge in [0.25, 0.3) is 0 Å². The third kappa shape index (κ3) is 4.83. The molecule has 0 aliphatic rings. The third-order valence-corrected chi connectivity index (χ3v) is 3.02. The quantitative estimate of drug-likeness (QED) is 0.750. The fourth-order valence-corrected chi connectivity index (χ4v) is 1.83. The largest absolute Gasteiger partial charge is 0.493 e. The van der Waals surface area contributed by atoms with Crippen molar-refractivity contribution in [2.45, 2.75) is 6.42 Å². The van der Waals surface area contributed by atoms with Crippen molar-refractivity contribution in [3.8, 4) is 11.8 Å². The average Bonchev–Trinajstić information content (AvgIpc) is 2.23. The normalized spacial score (nSPS) is 10.9. The molecule has 0 N–H and O–H groups in total. The van der Waals surface area contributed by atoms with Crippen molar-refractivity contribution < 1.29 is 17.5 Å². The molecule has 4 nitrogen and oxygen atoms in total. The zero-order chi connectivity index (χ0) is 12.9. The summed E-state index contributed by atoms with van der Waals surface area (Å²) in [5.41, 5.74) is -0.0477. The lowest BCUT2D eigenvalue weighted by Gasteiger charge is -2.05. The van der Waals surface area contributed by atoms with Crippen LogP contribution in [-0.4, -0.2) is 27.0 Å². The molecule has 6 heteroatoms. The van der Waals surface area contributed by atoms with Gasteiger partial charge in [-0.1, -0.05) is 0 Å². The van der Waals surface area contributed by atoms with E-state index in [0.29, 0.717) is 6.42 Å². The van der Waals surface area contributed by atoms with Gasteiger partial charge in [0.1, 0.15) is 27.5 Å². The Balaban J connectivity index is 2.48. The first-order chi connectivity index (χ1) is 7.92. The van der Waals surface area contributed by atoms with Crippen LogP contribution in [0.1, 0.15) is 12.0 Å². The first kappa shape index (κ1) is 13.5. The van der Waals surface area contributed by atoms with Crippen LogP contribution in [0.4, 0.5) is 4.39 Å². The van der Waals surface area contributed by atoms with E-state index in [-0.39, 0.29) is 23.7 Å². The molecule has 1 rings (SSSR count). The van der Waals surface area contributed by atoms with Gasteiger partial charge >= 0.3 is 0 Å². The van der Waals surface area contributed by atoms with Gasteiger partial charge in [0.15, 0.2) is 0 Å². The smallest absolute Gasteiger partial charge is 0.147 e. The zero-order valence-corrected chi connectivity index (χ0v) is 10.1. The lowest BCUT2D eigenvalue weighted by atomic mass is 10.2. The minimum atomic E-state index is -2.99. The molecule has 0 fully saturated rings. The maximum Gasteiger partial charge on any atom is 0.147 e. The van der Waals surface area contributed by atoms with Gasteiger partial charge in [0, 0.05) is 12.3 Å². The van der Waals surface area contributed by atoms with Gasteiger partial charge in [-0.05, 0) is 18.6 Å². The van der Waals surface area contributed by atoms with Gasteiger partial charge in [-0.15, -0.1) is 0 Å². The molecule has 0 saturated heterocycles. The molecule has 1 aromatic carbocycles. The molecule has 0 radical (unpaired) electrons. The highest BCUT2D eigenvalue weighted by atomic mass is 32.2. The summed E-state index contributed by atoms with van der Waals surface area (Å²) in [4.78, 5) is 0. The van der Waals surface area contributed by atoms with Crippen molar-refractivity contribution in [1.82, 2.24) is 0 Å². The maximum atomic E-state index is 13.2. The Morgan fingerprint density at radius 1 is 1.47 bits per heavy atom. The number of ether oxygens (including phenoxy) is 1. The van der Waals surface area contributed by atoms with E-state index in [2.05, 4.69) is 0 Å². The molecule has 1 aromatic rings. The van der Waals surface area contributed by atoms with Gasteiger partial charge in [-0.3, -0.25) is 0 Å². The Hall–Kier alpha value is -1.61. The number of hydrogen-bond acceptors (Lipinski definition) is 4. The van der Waals surface area contributed by atoms with E-state index in [1.54, 1.807) is 6.07 Å². The number of nitrogens with zero attached hydrogens (tertiary/aromatic N) is 1. The summed E-state index contributed by atoms with van der Waals surface area (Å²) in [6.07, 6.45) is 1.49. The zero-order valence-electron chi connectivity index (χ0n) is 9.31. The number of rotatable bonds is 5. The van der Waals surface area contributed by atoms with Crippen molar-refractivity contribution in [2.24, 2.45) is 0 Å². The minimum Gasteiger partial charge on any atom is -0.493 e. The van der Waals surface area contributed by atoms with Crippen LogP contribution in [-0.2, 0) is 9.84 Å². The predicted molar refractivity (Wildman–Crippen MR) is 60.9 cm³/mol. The molecule has 17 heavy (non-hydrogen) atoms. The molecule has 0 bridgehead atoms. The van der Waals surface area contributed by atoms with E-state index in [0.717, 1.165) is 12.3 Å². The van der Waals surface area contributed by atoms with Gasteiger partial charge in [0.05, 0.1) is 17.9 Å². The van der Waals surface area contributed by atoms with Gasteiger partial charge in [-0.25, -0.2) is 12.8 Å². The molecular formula is C11H12FNO3S. The predicted octanol–water partition coefficient (Wildman–Crippen LogP) is 1.51. The highest BCUT2D eigenvalue weighted by Gasteiger charge is 2.05. The summed E-state index contributed by atoms with van der Waals surface area (Å²) >= 11 is 0. The average molecular weight is 257 g/mol. The summed E-state index contributed by atoms with van der Waals surface area (Å²) in [5.74, 6) is -0.325. The standard InChI is InChI=1S/C11H12FNO3S/c1-17(14,15)6-2-5-16-10-4-3-9(8-13)11(12)7-10/h3-4,7H,2,5-6H2,1H3. The number of sulfone groups is 1. The molecular weight excluding hydrogens is 245 g/mol. The number of benzene rings is 1. The number of halogens is 1. The fourth-order valence-electron chi connectivity index (χ4n) is 1.19. The van der Waals surface area contributed by atoms with Crippen molar-refractivity contribution in [1.29, 1.82) is 5.26 Å². The van der Waals surface area contributed by atoms with Crippen molar-refractivity contribution in [3.05, 3.63) is 29.6 Å². The van der Waals surface area contributed by atoms with Crippen LogP contribution in [0.15, 0.2) is 18.2 Å². The molecule has 0 amide bonds. The topological polar surface area (TPSA) is 67.2 Å². The summed E-state index contributed by atoms with van der Waals surface area (Å²) in [7, 11) is -2.99.